The number of benzene rings is 1. The molecule has 0 spiro atoms. The van der Waals surface area contributed by atoms with Crippen LogP contribution in [0.15, 0.2) is 12.1 Å². The largest absolute Gasteiger partial charge is 0.494 e. The number of ether oxygens (including phenoxy) is 1. The highest BCUT2D eigenvalue weighted by Crippen LogP contribution is 2.35. The number of methoxy groups -OCH3 is 1. The van der Waals surface area contributed by atoms with Gasteiger partial charge >= 0.3 is 6.18 Å². The zero-order valence-corrected chi connectivity index (χ0v) is 7.73. The molecule has 0 atom stereocenters. The minimum atomic E-state index is -4.80. The van der Waals surface area contributed by atoms with E-state index in [-0.39, 0.29) is 5.56 Å². The summed E-state index contributed by atoms with van der Waals surface area (Å²) in [6.45, 7) is -0.611. The van der Waals surface area contributed by atoms with Crippen molar-refractivity contribution in [2.24, 2.45) is 0 Å². The molecule has 0 fully saturated rings. The third-order valence-electron chi connectivity index (χ3n) is 1.81. The van der Waals surface area contributed by atoms with Crippen LogP contribution >= 0.6 is 0 Å². The highest BCUT2D eigenvalue weighted by Gasteiger charge is 2.35. The fraction of sp³-hybridized carbons (Fsp3) is 0.333. The van der Waals surface area contributed by atoms with Crippen molar-refractivity contribution < 1.29 is 27.4 Å². The molecule has 0 radical (unpaired) electrons. The Labute approximate surface area is 83.1 Å². The summed E-state index contributed by atoms with van der Waals surface area (Å²) in [6, 6.07) is 1.57. The van der Waals surface area contributed by atoms with Crippen molar-refractivity contribution in [2.75, 3.05) is 7.11 Å². The van der Waals surface area contributed by atoms with E-state index < -0.39 is 29.9 Å². The van der Waals surface area contributed by atoms with Gasteiger partial charge < -0.3 is 9.84 Å². The molecule has 0 amide bonds. The van der Waals surface area contributed by atoms with E-state index in [0.717, 1.165) is 13.2 Å². The molecule has 84 valence electrons. The number of halogens is 4. The summed E-state index contributed by atoms with van der Waals surface area (Å²) >= 11 is 0. The molecule has 15 heavy (non-hydrogen) atoms. The van der Waals surface area contributed by atoms with Gasteiger partial charge in [-0.1, -0.05) is 0 Å². The predicted molar refractivity (Wildman–Crippen MR) is 43.9 cm³/mol. The molecule has 2 nitrogen and oxygen atoms in total. The number of rotatable bonds is 2. The van der Waals surface area contributed by atoms with Crippen molar-refractivity contribution in [1.82, 2.24) is 0 Å². The molecule has 1 N–H and O–H groups in total. The van der Waals surface area contributed by atoms with Crippen LogP contribution in [0.1, 0.15) is 11.1 Å². The number of aliphatic hydroxyl groups excluding tert-OH is 1. The Morgan fingerprint density at radius 2 is 1.93 bits per heavy atom. The van der Waals surface area contributed by atoms with Crippen molar-refractivity contribution in [1.29, 1.82) is 0 Å². The standard InChI is InChI=1S/C9H8F4O2/c1-15-7-3-5(4-14)2-6(8(7)10)9(11,12)13/h2-3,14H,4H2,1H3. The fourth-order valence-electron chi connectivity index (χ4n) is 1.10. The van der Waals surface area contributed by atoms with E-state index in [1.807, 2.05) is 0 Å². The monoisotopic (exact) mass is 224 g/mol. The van der Waals surface area contributed by atoms with Gasteiger partial charge in [-0.25, -0.2) is 4.39 Å². The Morgan fingerprint density at radius 1 is 1.33 bits per heavy atom. The predicted octanol–water partition coefficient (Wildman–Crippen LogP) is 2.35. The topological polar surface area (TPSA) is 29.5 Å². The van der Waals surface area contributed by atoms with Crippen molar-refractivity contribution >= 4 is 0 Å². The number of alkyl halides is 3. The van der Waals surface area contributed by atoms with Gasteiger partial charge in [-0.3, -0.25) is 0 Å². The van der Waals surface area contributed by atoms with Crippen molar-refractivity contribution in [3.8, 4) is 5.75 Å². The van der Waals surface area contributed by atoms with Gasteiger partial charge in [0.25, 0.3) is 0 Å². The third kappa shape index (κ3) is 2.38. The first-order chi connectivity index (χ1) is 6.90. The summed E-state index contributed by atoms with van der Waals surface area (Å²) in [5, 5.41) is 8.69. The van der Waals surface area contributed by atoms with E-state index >= 15 is 0 Å². The smallest absolute Gasteiger partial charge is 0.419 e. The number of hydrogen-bond acceptors (Lipinski definition) is 2. The molecule has 0 aliphatic rings. The maximum atomic E-state index is 13.2. The summed E-state index contributed by atoms with van der Waals surface area (Å²) < 4.78 is 54.5. The van der Waals surface area contributed by atoms with Crippen LogP contribution in [0, 0.1) is 5.82 Å². The summed E-state index contributed by atoms with van der Waals surface area (Å²) in [6.07, 6.45) is -4.80. The molecule has 0 saturated carbocycles. The van der Waals surface area contributed by atoms with Crippen LogP contribution < -0.4 is 4.74 Å². The van der Waals surface area contributed by atoms with Crippen LogP contribution in [-0.4, -0.2) is 12.2 Å². The molecule has 0 aliphatic carbocycles. The summed E-state index contributed by atoms with van der Waals surface area (Å²) in [5.41, 5.74) is -1.49. The molecule has 0 aromatic heterocycles. The van der Waals surface area contributed by atoms with E-state index in [2.05, 4.69) is 4.74 Å². The van der Waals surface area contributed by atoms with Gasteiger partial charge in [-0.05, 0) is 17.7 Å². The number of hydrogen-bond donors (Lipinski definition) is 1. The molecule has 6 heteroatoms. The van der Waals surface area contributed by atoms with E-state index in [1.165, 1.54) is 0 Å². The Bertz CT molecular complexity index is 360. The second kappa shape index (κ2) is 4.06. The lowest BCUT2D eigenvalue weighted by Gasteiger charge is -2.12. The number of aliphatic hydroxyl groups is 1. The van der Waals surface area contributed by atoms with Crippen LogP contribution in [0.25, 0.3) is 0 Å². The Kier molecular flexibility index (Phi) is 3.18. The molecule has 0 aliphatic heterocycles. The fourth-order valence-corrected chi connectivity index (χ4v) is 1.10. The molecule has 0 unspecified atom stereocenters. The molecular weight excluding hydrogens is 216 g/mol. The molecule has 1 aromatic rings. The molecule has 0 bridgehead atoms. The van der Waals surface area contributed by atoms with Gasteiger partial charge in [0.05, 0.1) is 19.3 Å². The molecule has 1 rings (SSSR count). The van der Waals surface area contributed by atoms with Gasteiger partial charge in [0.1, 0.15) is 0 Å². The minimum absolute atomic E-state index is 0.0550. The highest BCUT2D eigenvalue weighted by atomic mass is 19.4. The van der Waals surface area contributed by atoms with E-state index in [9.17, 15) is 17.6 Å². The lowest BCUT2D eigenvalue weighted by Crippen LogP contribution is -2.10. The van der Waals surface area contributed by atoms with Crippen LogP contribution in [-0.2, 0) is 12.8 Å². The van der Waals surface area contributed by atoms with Gasteiger partial charge in [0.15, 0.2) is 11.6 Å². The maximum absolute atomic E-state index is 13.2. The second-order valence-electron chi connectivity index (χ2n) is 2.82. The zero-order chi connectivity index (χ0) is 11.6. The maximum Gasteiger partial charge on any atom is 0.419 e. The first-order valence-electron chi connectivity index (χ1n) is 3.94. The summed E-state index contributed by atoms with van der Waals surface area (Å²) in [4.78, 5) is 0. The SMILES string of the molecule is COc1cc(CO)cc(C(F)(F)F)c1F. The van der Waals surface area contributed by atoms with Crippen LogP contribution in [0.4, 0.5) is 17.6 Å². The first-order valence-corrected chi connectivity index (χ1v) is 3.94. The van der Waals surface area contributed by atoms with Gasteiger partial charge in [-0.15, -0.1) is 0 Å². The van der Waals surface area contributed by atoms with Crippen LogP contribution in [0.5, 0.6) is 5.75 Å². The molecule has 0 saturated heterocycles. The average molecular weight is 224 g/mol. The van der Waals surface area contributed by atoms with E-state index in [1.54, 1.807) is 0 Å². The molecule has 1 aromatic carbocycles. The quantitative estimate of drug-likeness (QED) is 0.781. The van der Waals surface area contributed by atoms with Gasteiger partial charge in [0.2, 0.25) is 0 Å². The van der Waals surface area contributed by atoms with Crippen molar-refractivity contribution in [2.45, 2.75) is 12.8 Å². The first kappa shape index (κ1) is 11.8. The Morgan fingerprint density at radius 3 is 2.33 bits per heavy atom. The Hall–Kier alpha value is -1.30. The molecular formula is C9H8F4O2. The van der Waals surface area contributed by atoms with Crippen LogP contribution in [0.2, 0.25) is 0 Å². The van der Waals surface area contributed by atoms with E-state index in [0.29, 0.717) is 6.07 Å². The normalized spacial score (nSPS) is 11.6. The highest BCUT2D eigenvalue weighted by molar-refractivity contribution is 5.37. The minimum Gasteiger partial charge on any atom is -0.494 e. The van der Waals surface area contributed by atoms with E-state index in [4.69, 9.17) is 5.11 Å². The molecule has 0 heterocycles. The zero-order valence-electron chi connectivity index (χ0n) is 7.73. The van der Waals surface area contributed by atoms with Crippen molar-refractivity contribution in [3.63, 3.8) is 0 Å². The third-order valence-corrected chi connectivity index (χ3v) is 1.81. The summed E-state index contributed by atoms with van der Waals surface area (Å²) in [5.74, 6) is -2.00. The Balaban J connectivity index is 3.37. The van der Waals surface area contributed by atoms with Gasteiger partial charge in [-0.2, -0.15) is 13.2 Å². The van der Waals surface area contributed by atoms with Gasteiger partial charge in [0, 0.05) is 0 Å². The second-order valence-corrected chi connectivity index (χ2v) is 2.82. The lowest BCUT2D eigenvalue weighted by atomic mass is 10.1. The van der Waals surface area contributed by atoms with Crippen molar-refractivity contribution in [3.05, 3.63) is 29.1 Å². The average Bonchev–Trinajstić information content (AvgIpc) is 2.16. The summed E-state index contributed by atoms with van der Waals surface area (Å²) in [7, 11) is 1.06. The van der Waals surface area contributed by atoms with Crippen LogP contribution in [0.3, 0.4) is 0 Å². The lowest BCUT2D eigenvalue weighted by molar-refractivity contribution is -0.140.